The molecule has 0 atom stereocenters. The van der Waals surface area contributed by atoms with Crippen molar-refractivity contribution in [3.8, 4) is 11.5 Å². The van der Waals surface area contributed by atoms with Gasteiger partial charge in [-0.15, -0.1) is 0 Å². The Hall–Kier alpha value is -2.58. The SMILES string of the molecule is COc1cccc(C=C2C(=O)OC(C)(C)OC2=O)c1OCCN1CCOCC1. The first-order chi connectivity index (χ1) is 13.4. The third-order valence-electron chi connectivity index (χ3n) is 4.40. The molecule has 2 aliphatic heterocycles. The number of carbonyl (C=O) groups is 2. The molecular weight excluding hydrogens is 366 g/mol. The Balaban J connectivity index is 1.79. The van der Waals surface area contributed by atoms with Crippen molar-refractivity contribution in [1.82, 2.24) is 4.90 Å². The maximum absolute atomic E-state index is 12.2. The molecule has 2 heterocycles. The van der Waals surface area contributed by atoms with Crippen molar-refractivity contribution in [2.45, 2.75) is 19.6 Å². The van der Waals surface area contributed by atoms with Crippen LogP contribution in [-0.2, 0) is 23.8 Å². The van der Waals surface area contributed by atoms with Gasteiger partial charge >= 0.3 is 11.9 Å². The Morgan fingerprint density at radius 2 is 1.82 bits per heavy atom. The van der Waals surface area contributed by atoms with E-state index >= 15 is 0 Å². The van der Waals surface area contributed by atoms with Gasteiger partial charge in [0, 0.05) is 39.0 Å². The van der Waals surface area contributed by atoms with Gasteiger partial charge in [0.1, 0.15) is 12.2 Å². The first-order valence-corrected chi connectivity index (χ1v) is 9.18. The summed E-state index contributed by atoms with van der Waals surface area (Å²) in [6.45, 7) is 7.32. The van der Waals surface area contributed by atoms with Crippen LogP contribution < -0.4 is 9.47 Å². The number of nitrogens with zero attached hydrogens (tertiary/aromatic N) is 1. The van der Waals surface area contributed by atoms with Crippen molar-refractivity contribution in [3.05, 3.63) is 29.3 Å². The van der Waals surface area contributed by atoms with Crippen LogP contribution in [0.2, 0.25) is 0 Å². The number of methoxy groups -OCH3 is 1. The normalized spacial score (nSPS) is 19.6. The Kier molecular flexibility index (Phi) is 6.21. The minimum absolute atomic E-state index is 0.189. The number of rotatable bonds is 6. The molecule has 2 saturated heterocycles. The van der Waals surface area contributed by atoms with Crippen LogP contribution in [0.4, 0.5) is 0 Å². The molecule has 8 nitrogen and oxygen atoms in total. The summed E-state index contributed by atoms with van der Waals surface area (Å²) in [5.41, 5.74) is 0.343. The Labute approximate surface area is 163 Å². The Morgan fingerprint density at radius 1 is 1.14 bits per heavy atom. The quantitative estimate of drug-likeness (QED) is 0.411. The van der Waals surface area contributed by atoms with E-state index in [0.29, 0.717) is 36.9 Å². The molecule has 1 aromatic rings. The molecule has 0 bridgehead atoms. The third-order valence-corrected chi connectivity index (χ3v) is 4.40. The van der Waals surface area contributed by atoms with E-state index in [0.717, 1.165) is 19.6 Å². The minimum atomic E-state index is -1.28. The van der Waals surface area contributed by atoms with Gasteiger partial charge in [0.15, 0.2) is 11.5 Å². The van der Waals surface area contributed by atoms with E-state index in [9.17, 15) is 9.59 Å². The van der Waals surface area contributed by atoms with Gasteiger partial charge in [-0.3, -0.25) is 4.90 Å². The largest absolute Gasteiger partial charge is 0.493 e. The van der Waals surface area contributed by atoms with Gasteiger partial charge in [-0.1, -0.05) is 12.1 Å². The summed E-state index contributed by atoms with van der Waals surface area (Å²) >= 11 is 0. The zero-order valence-electron chi connectivity index (χ0n) is 16.4. The maximum atomic E-state index is 12.2. The lowest BCUT2D eigenvalue weighted by molar-refractivity contribution is -0.222. The molecule has 8 heteroatoms. The molecule has 0 saturated carbocycles. The lowest BCUT2D eigenvalue weighted by Crippen LogP contribution is -2.41. The second kappa shape index (κ2) is 8.62. The van der Waals surface area contributed by atoms with Crippen LogP contribution in [0.3, 0.4) is 0 Å². The number of hydrogen-bond acceptors (Lipinski definition) is 8. The van der Waals surface area contributed by atoms with E-state index in [1.165, 1.54) is 27.0 Å². The Morgan fingerprint density at radius 3 is 2.46 bits per heavy atom. The average molecular weight is 391 g/mol. The van der Waals surface area contributed by atoms with E-state index in [1.807, 2.05) is 0 Å². The summed E-state index contributed by atoms with van der Waals surface area (Å²) in [5.74, 6) is -1.78. The fraction of sp³-hybridized carbons (Fsp3) is 0.500. The van der Waals surface area contributed by atoms with Crippen LogP contribution in [0.15, 0.2) is 23.8 Å². The molecule has 152 valence electrons. The molecule has 0 radical (unpaired) electrons. The maximum Gasteiger partial charge on any atom is 0.348 e. The Bertz CT molecular complexity index is 744. The second-order valence-corrected chi connectivity index (χ2v) is 6.92. The molecule has 28 heavy (non-hydrogen) atoms. The highest BCUT2D eigenvalue weighted by Gasteiger charge is 2.39. The van der Waals surface area contributed by atoms with Gasteiger partial charge in [-0.2, -0.15) is 0 Å². The summed E-state index contributed by atoms with van der Waals surface area (Å²) in [6.07, 6.45) is 1.41. The van der Waals surface area contributed by atoms with Crippen molar-refractivity contribution in [2.75, 3.05) is 46.6 Å². The summed E-state index contributed by atoms with van der Waals surface area (Å²) in [7, 11) is 1.53. The first-order valence-electron chi connectivity index (χ1n) is 9.18. The lowest BCUT2D eigenvalue weighted by Gasteiger charge is -2.30. The van der Waals surface area contributed by atoms with Crippen LogP contribution in [0.1, 0.15) is 19.4 Å². The summed E-state index contributed by atoms with van der Waals surface area (Å²) in [6, 6.07) is 5.25. The lowest BCUT2D eigenvalue weighted by atomic mass is 10.1. The monoisotopic (exact) mass is 391 g/mol. The topological polar surface area (TPSA) is 83.5 Å². The van der Waals surface area contributed by atoms with Gasteiger partial charge in [0.2, 0.25) is 0 Å². The van der Waals surface area contributed by atoms with Crippen LogP contribution in [0.5, 0.6) is 11.5 Å². The van der Waals surface area contributed by atoms with E-state index in [4.69, 9.17) is 23.7 Å². The zero-order chi connectivity index (χ0) is 20.1. The highest BCUT2D eigenvalue weighted by Crippen LogP contribution is 2.34. The molecule has 2 aliphatic rings. The summed E-state index contributed by atoms with van der Waals surface area (Å²) in [4.78, 5) is 26.7. The van der Waals surface area contributed by atoms with E-state index in [1.54, 1.807) is 18.2 Å². The third kappa shape index (κ3) is 4.82. The van der Waals surface area contributed by atoms with Gasteiger partial charge in [0.25, 0.3) is 5.79 Å². The van der Waals surface area contributed by atoms with Gasteiger partial charge in [0.05, 0.1) is 20.3 Å². The van der Waals surface area contributed by atoms with Crippen molar-refractivity contribution in [1.29, 1.82) is 0 Å². The molecule has 3 rings (SSSR count). The van der Waals surface area contributed by atoms with Crippen LogP contribution in [-0.4, -0.2) is 69.2 Å². The number of carbonyl (C=O) groups excluding carboxylic acids is 2. The van der Waals surface area contributed by atoms with Crippen LogP contribution in [0, 0.1) is 0 Å². The van der Waals surface area contributed by atoms with Gasteiger partial charge in [-0.05, 0) is 12.1 Å². The van der Waals surface area contributed by atoms with Gasteiger partial charge < -0.3 is 23.7 Å². The number of ether oxygens (including phenoxy) is 5. The van der Waals surface area contributed by atoms with Gasteiger partial charge in [-0.25, -0.2) is 9.59 Å². The number of esters is 2. The molecule has 0 unspecified atom stereocenters. The fourth-order valence-corrected chi connectivity index (χ4v) is 3.00. The zero-order valence-corrected chi connectivity index (χ0v) is 16.4. The molecule has 1 aromatic carbocycles. The van der Waals surface area contributed by atoms with Crippen molar-refractivity contribution >= 4 is 18.0 Å². The molecule has 0 N–H and O–H groups in total. The standard InChI is InChI=1S/C20H25NO7/c1-20(2)27-18(22)15(19(23)28-20)13-14-5-4-6-16(24-3)17(14)26-12-9-21-7-10-25-11-8-21/h4-6,13H,7-12H2,1-3H3. The summed E-state index contributed by atoms with van der Waals surface area (Å²) in [5, 5.41) is 0. The van der Waals surface area contributed by atoms with E-state index < -0.39 is 17.7 Å². The van der Waals surface area contributed by atoms with E-state index in [-0.39, 0.29) is 5.57 Å². The van der Waals surface area contributed by atoms with Crippen molar-refractivity contribution in [2.24, 2.45) is 0 Å². The molecular formula is C20H25NO7. The molecule has 0 amide bonds. The number of cyclic esters (lactones) is 2. The molecule has 0 spiro atoms. The highest BCUT2D eigenvalue weighted by atomic mass is 16.7. The number of para-hydroxylation sites is 1. The average Bonchev–Trinajstić information content (AvgIpc) is 2.65. The van der Waals surface area contributed by atoms with Crippen molar-refractivity contribution < 1.29 is 33.3 Å². The number of morpholine rings is 1. The smallest absolute Gasteiger partial charge is 0.348 e. The van der Waals surface area contributed by atoms with E-state index in [2.05, 4.69) is 4.90 Å². The molecule has 0 aliphatic carbocycles. The first kappa shape index (κ1) is 20.2. The minimum Gasteiger partial charge on any atom is -0.493 e. The number of benzene rings is 1. The highest BCUT2D eigenvalue weighted by molar-refractivity contribution is 6.19. The molecule has 0 aromatic heterocycles. The molecule has 2 fully saturated rings. The predicted molar refractivity (Wildman–Crippen MR) is 100.0 cm³/mol. The van der Waals surface area contributed by atoms with Crippen molar-refractivity contribution in [3.63, 3.8) is 0 Å². The summed E-state index contributed by atoms with van der Waals surface area (Å²) < 4.78 is 27.0. The second-order valence-electron chi connectivity index (χ2n) is 6.92. The predicted octanol–water partition coefficient (Wildman–Crippen LogP) is 1.63. The fourth-order valence-electron chi connectivity index (χ4n) is 3.00. The number of hydrogen-bond donors (Lipinski definition) is 0. The van der Waals surface area contributed by atoms with Crippen LogP contribution in [0.25, 0.3) is 6.08 Å². The van der Waals surface area contributed by atoms with Crippen LogP contribution >= 0.6 is 0 Å².